The molecule has 9 heavy (non-hydrogen) atoms. The van der Waals surface area contributed by atoms with Crippen LogP contribution in [0.15, 0.2) is 11.8 Å². The van der Waals surface area contributed by atoms with Crippen LogP contribution >= 0.6 is 0 Å². The lowest BCUT2D eigenvalue weighted by Gasteiger charge is -2.28. The van der Waals surface area contributed by atoms with Gasteiger partial charge < -0.3 is 10.3 Å². The highest BCUT2D eigenvalue weighted by Crippen LogP contribution is 2.28. The van der Waals surface area contributed by atoms with E-state index >= 15 is 0 Å². The molecule has 0 aromatic heterocycles. The predicted molar refractivity (Wildman–Crippen MR) is 37.6 cm³/mol. The Labute approximate surface area is 55.7 Å². The van der Waals surface area contributed by atoms with Crippen molar-refractivity contribution >= 4 is 0 Å². The third-order valence-corrected chi connectivity index (χ3v) is 1.54. The van der Waals surface area contributed by atoms with Gasteiger partial charge in [0.05, 0.1) is 0 Å². The molecule has 0 saturated carbocycles. The maximum Gasteiger partial charge on any atom is 0.0142 e. The van der Waals surface area contributed by atoms with E-state index in [0.29, 0.717) is 6.54 Å². The Morgan fingerprint density at radius 3 is 2.33 bits per heavy atom. The molecular formula is C7H12NO-. The zero-order valence-electron chi connectivity index (χ0n) is 6.14. The lowest BCUT2D eigenvalue weighted by Crippen LogP contribution is -2.18. The largest absolute Gasteiger partial charge is 0.758 e. The second kappa shape index (κ2) is 1.74. The van der Waals surface area contributed by atoms with Crippen molar-refractivity contribution in [3.8, 4) is 0 Å². The maximum absolute atomic E-state index is 10.8. The van der Waals surface area contributed by atoms with Crippen molar-refractivity contribution in [2.24, 2.45) is 5.41 Å². The quantitative estimate of drug-likeness (QED) is 0.494. The first-order chi connectivity index (χ1) is 4.01. The molecule has 0 saturated heterocycles. The standard InChI is InChI=1S/C7H12NO/c1-6-4-7(2,3)5-8(6)9/h4H,5H2,1-3H3/q-1. The van der Waals surface area contributed by atoms with Crippen molar-refractivity contribution in [3.63, 3.8) is 0 Å². The van der Waals surface area contributed by atoms with Crippen LogP contribution in [0.3, 0.4) is 0 Å². The Bertz CT molecular complexity index is 149. The van der Waals surface area contributed by atoms with E-state index in [4.69, 9.17) is 0 Å². The van der Waals surface area contributed by atoms with Gasteiger partial charge in [-0.25, -0.2) is 0 Å². The second-order valence-corrected chi connectivity index (χ2v) is 3.31. The first-order valence-corrected chi connectivity index (χ1v) is 3.15. The maximum atomic E-state index is 10.8. The van der Waals surface area contributed by atoms with Crippen LogP contribution in [0, 0.1) is 10.6 Å². The highest BCUT2D eigenvalue weighted by molar-refractivity contribution is 5.13. The van der Waals surface area contributed by atoms with E-state index in [1.54, 1.807) is 0 Å². The van der Waals surface area contributed by atoms with E-state index in [9.17, 15) is 5.21 Å². The van der Waals surface area contributed by atoms with Gasteiger partial charge in [0.15, 0.2) is 0 Å². The van der Waals surface area contributed by atoms with Crippen LogP contribution in [0.25, 0.3) is 0 Å². The summed E-state index contributed by atoms with van der Waals surface area (Å²) in [7, 11) is 0. The number of rotatable bonds is 0. The van der Waals surface area contributed by atoms with Crippen LogP contribution in [0.2, 0.25) is 0 Å². The number of hydroxylamine groups is 2. The summed E-state index contributed by atoms with van der Waals surface area (Å²) in [5, 5.41) is 11.9. The van der Waals surface area contributed by atoms with E-state index in [1.807, 2.05) is 13.0 Å². The molecule has 0 aliphatic carbocycles. The van der Waals surface area contributed by atoms with E-state index in [2.05, 4.69) is 13.8 Å². The summed E-state index contributed by atoms with van der Waals surface area (Å²) < 4.78 is 0. The van der Waals surface area contributed by atoms with Crippen LogP contribution in [-0.2, 0) is 0 Å². The van der Waals surface area contributed by atoms with Gasteiger partial charge in [-0.1, -0.05) is 19.9 Å². The lowest BCUT2D eigenvalue weighted by molar-refractivity contribution is 0.378. The minimum Gasteiger partial charge on any atom is -0.758 e. The minimum absolute atomic E-state index is 0.0891. The van der Waals surface area contributed by atoms with Gasteiger partial charge in [0, 0.05) is 12.0 Å². The first-order valence-electron chi connectivity index (χ1n) is 3.15. The van der Waals surface area contributed by atoms with E-state index in [-0.39, 0.29) is 5.41 Å². The molecule has 0 amide bonds. The first kappa shape index (κ1) is 6.62. The van der Waals surface area contributed by atoms with Gasteiger partial charge in [0.1, 0.15) is 0 Å². The van der Waals surface area contributed by atoms with Crippen molar-refractivity contribution in [2.45, 2.75) is 20.8 Å². The number of hydrogen-bond donors (Lipinski definition) is 0. The van der Waals surface area contributed by atoms with E-state index in [1.165, 1.54) is 0 Å². The van der Waals surface area contributed by atoms with Gasteiger partial charge in [-0.05, 0) is 12.6 Å². The Hall–Kier alpha value is -0.500. The summed E-state index contributed by atoms with van der Waals surface area (Å²) in [6.45, 7) is 6.59. The zero-order chi connectivity index (χ0) is 7.07. The molecule has 2 nitrogen and oxygen atoms in total. The van der Waals surface area contributed by atoms with Crippen LogP contribution in [0.4, 0.5) is 0 Å². The monoisotopic (exact) mass is 126 g/mol. The van der Waals surface area contributed by atoms with Crippen molar-refractivity contribution in [2.75, 3.05) is 6.54 Å². The van der Waals surface area contributed by atoms with Gasteiger partial charge >= 0.3 is 0 Å². The molecular weight excluding hydrogens is 114 g/mol. The molecule has 1 rings (SSSR count). The fraction of sp³-hybridized carbons (Fsp3) is 0.714. The van der Waals surface area contributed by atoms with Gasteiger partial charge in [-0.2, -0.15) is 0 Å². The van der Waals surface area contributed by atoms with Crippen molar-refractivity contribution in [3.05, 3.63) is 17.0 Å². The molecule has 1 aliphatic rings. The third-order valence-electron chi connectivity index (χ3n) is 1.54. The van der Waals surface area contributed by atoms with Crippen LogP contribution in [-0.4, -0.2) is 11.6 Å². The fourth-order valence-electron chi connectivity index (χ4n) is 1.18. The predicted octanol–water partition coefficient (Wildman–Crippen LogP) is 1.73. The molecule has 0 fully saturated rings. The summed E-state index contributed by atoms with van der Waals surface area (Å²) in [6.07, 6.45) is 2.01. The normalized spacial score (nSPS) is 24.4. The van der Waals surface area contributed by atoms with Gasteiger partial charge in [0.2, 0.25) is 0 Å². The molecule has 0 radical (unpaired) electrons. The summed E-state index contributed by atoms with van der Waals surface area (Å²) in [5.74, 6) is 0. The molecule has 1 heterocycles. The average molecular weight is 126 g/mol. The molecule has 0 atom stereocenters. The molecule has 0 bridgehead atoms. The van der Waals surface area contributed by atoms with E-state index in [0.717, 1.165) is 10.8 Å². The number of nitrogens with zero attached hydrogens (tertiary/aromatic N) is 1. The summed E-state index contributed by atoms with van der Waals surface area (Å²) in [5.41, 5.74) is 0.936. The fourth-order valence-corrected chi connectivity index (χ4v) is 1.18. The molecule has 2 heteroatoms. The minimum atomic E-state index is 0.0891. The van der Waals surface area contributed by atoms with Crippen LogP contribution in [0.1, 0.15) is 20.8 Å². The SMILES string of the molecule is CC1=CC(C)(C)CN1[O-]. The molecule has 0 N–H and O–H groups in total. The number of hydrogen-bond acceptors (Lipinski definition) is 2. The Kier molecular flexibility index (Phi) is 1.28. The van der Waals surface area contributed by atoms with Gasteiger partial charge in [-0.3, -0.25) is 0 Å². The Morgan fingerprint density at radius 2 is 2.22 bits per heavy atom. The summed E-state index contributed by atoms with van der Waals surface area (Å²) in [6, 6.07) is 0. The lowest BCUT2D eigenvalue weighted by atomic mass is 9.96. The Balaban J connectivity index is 2.74. The summed E-state index contributed by atoms with van der Waals surface area (Å²) in [4.78, 5) is 0. The molecule has 0 aromatic rings. The smallest absolute Gasteiger partial charge is 0.0142 e. The molecule has 52 valence electrons. The second-order valence-electron chi connectivity index (χ2n) is 3.31. The van der Waals surface area contributed by atoms with Gasteiger partial charge in [0.25, 0.3) is 0 Å². The third kappa shape index (κ3) is 1.24. The van der Waals surface area contributed by atoms with Crippen molar-refractivity contribution < 1.29 is 0 Å². The van der Waals surface area contributed by atoms with E-state index < -0.39 is 0 Å². The van der Waals surface area contributed by atoms with Crippen molar-refractivity contribution in [1.82, 2.24) is 5.06 Å². The van der Waals surface area contributed by atoms with Crippen LogP contribution in [0.5, 0.6) is 0 Å². The zero-order valence-corrected chi connectivity index (χ0v) is 6.14. The summed E-state index contributed by atoms with van der Waals surface area (Å²) >= 11 is 0. The van der Waals surface area contributed by atoms with Crippen molar-refractivity contribution in [1.29, 1.82) is 0 Å². The van der Waals surface area contributed by atoms with Gasteiger partial charge in [-0.15, -0.1) is 0 Å². The molecule has 0 spiro atoms. The highest BCUT2D eigenvalue weighted by atomic mass is 16.5. The highest BCUT2D eigenvalue weighted by Gasteiger charge is 2.21. The number of allylic oxidation sites excluding steroid dienone is 1. The molecule has 1 aliphatic heterocycles. The molecule has 0 unspecified atom stereocenters. The van der Waals surface area contributed by atoms with Crippen LogP contribution < -0.4 is 0 Å². The molecule has 0 aromatic carbocycles. The average Bonchev–Trinajstić information content (AvgIpc) is 1.79. The topological polar surface area (TPSA) is 26.3 Å². The Morgan fingerprint density at radius 1 is 1.67 bits per heavy atom.